The summed E-state index contributed by atoms with van der Waals surface area (Å²) in [6, 6.07) is 0. The molecule has 3 heteroatoms. The Bertz CT molecular complexity index is 259. The van der Waals surface area contributed by atoms with Crippen LogP contribution in [0.1, 0.15) is 65.2 Å². The molecule has 2 saturated heterocycles. The van der Waals surface area contributed by atoms with Gasteiger partial charge in [0.05, 0.1) is 12.2 Å². The van der Waals surface area contributed by atoms with Gasteiger partial charge in [-0.2, -0.15) is 0 Å². The molecule has 0 aromatic heterocycles. The normalized spacial score (nSPS) is 30.2. The van der Waals surface area contributed by atoms with Gasteiger partial charge in [-0.05, 0) is 65.0 Å². The van der Waals surface area contributed by atoms with E-state index < -0.39 is 0 Å². The Hall–Kier alpha value is -0.120. The Balaban J connectivity index is 1.86. The van der Waals surface area contributed by atoms with E-state index in [2.05, 4.69) is 18.7 Å². The molecule has 3 unspecified atom stereocenters. The van der Waals surface area contributed by atoms with Crippen LogP contribution in [0, 0.1) is 0 Å². The fourth-order valence-corrected chi connectivity index (χ4v) is 3.60. The summed E-state index contributed by atoms with van der Waals surface area (Å²) in [5.41, 5.74) is -0.0426. The molecule has 0 amide bonds. The first-order chi connectivity index (χ1) is 9.16. The first-order valence-corrected chi connectivity index (χ1v) is 8.21. The van der Waals surface area contributed by atoms with E-state index in [0.717, 1.165) is 39.0 Å². The molecule has 2 heterocycles. The summed E-state index contributed by atoms with van der Waals surface area (Å²) in [6.45, 7) is 7.68. The van der Waals surface area contributed by atoms with Crippen molar-refractivity contribution in [2.45, 2.75) is 83.0 Å². The van der Waals surface area contributed by atoms with Gasteiger partial charge in [0, 0.05) is 12.1 Å². The van der Waals surface area contributed by atoms with E-state index in [0.29, 0.717) is 6.10 Å². The van der Waals surface area contributed by atoms with Gasteiger partial charge in [0.25, 0.3) is 0 Å². The number of hydrogen-bond acceptors (Lipinski definition) is 3. The van der Waals surface area contributed by atoms with E-state index >= 15 is 0 Å². The largest absolute Gasteiger partial charge is 0.391 e. The predicted octanol–water partition coefficient (Wildman–Crippen LogP) is 2.96. The molecule has 2 aliphatic heterocycles. The second-order valence-electron chi connectivity index (χ2n) is 6.49. The van der Waals surface area contributed by atoms with E-state index in [1.807, 2.05) is 0 Å². The molecule has 0 aromatic carbocycles. The van der Waals surface area contributed by atoms with Gasteiger partial charge < -0.3 is 9.84 Å². The Kier molecular flexibility index (Phi) is 5.67. The molecule has 1 N–H and O–H groups in total. The highest BCUT2D eigenvalue weighted by Crippen LogP contribution is 2.30. The maximum atomic E-state index is 10.7. The Morgan fingerprint density at radius 2 is 2.00 bits per heavy atom. The van der Waals surface area contributed by atoms with Gasteiger partial charge >= 0.3 is 0 Å². The molecule has 0 bridgehead atoms. The Labute approximate surface area is 118 Å². The quantitative estimate of drug-likeness (QED) is 0.804. The standard InChI is InChI=1S/C16H31NO2/c1-3-16(2,17-11-5-4-6-12-17)15(18)10-9-14-8-7-13-19-14/h14-15,18H,3-13H2,1-2H3. The van der Waals surface area contributed by atoms with Crippen molar-refractivity contribution in [3.05, 3.63) is 0 Å². The fourth-order valence-electron chi connectivity index (χ4n) is 3.60. The third-order valence-corrected chi connectivity index (χ3v) is 5.30. The summed E-state index contributed by atoms with van der Waals surface area (Å²) in [4.78, 5) is 2.52. The summed E-state index contributed by atoms with van der Waals surface area (Å²) in [5, 5.41) is 10.7. The third kappa shape index (κ3) is 3.71. The molecule has 112 valence electrons. The molecule has 2 fully saturated rings. The van der Waals surface area contributed by atoms with E-state index in [9.17, 15) is 5.11 Å². The maximum absolute atomic E-state index is 10.7. The van der Waals surface area contributed by atoms with Crippen molar-refractivity contribution in [3.8, 4) is 0 Å². The van der Waals surface area contributed by atoms with Crippen molar-refractivity contribution in [3.63, 3.8) is 0 Å². The van der Waals surface area contributed by atoms with Crippen molar-refractivity contribution in [1.29, 1.82) is 0 Å². The number of piperidine rings is 1. The van der Waals surface area contributed by atoms with Gasteiger partial charge in [-0.25, -0.2) is 0 Å². The topological polar surface area (TPSA) is 32.7 Å². The molecule has 0 aliphatic carbocycles. The molecule has 0 saturated carbocycles. The van der Waals surface area contributed by atoms with Crippen LogP contribution < -0.4 is 0 Å². The third-order valence-electron chi connectivity index (χ3n) is 5.30. The van der Waals surface area contributed by atoms with Crippen LogP contribution in [0.3, 0.4) is 0 Å². The minimum absolute atomic E-state index is 0.0426. The summed E-state index contributed by atoms with van der Waals surface area (Å²) in [7, 11) is 0. The summed E-state index contributed by atoms with van der Waals surface area (Å²) in [5.74, 6) is 0. The molecule has 2 rings (SSSR count). The lowest BCUT2D eigenvalue weighted by molar-refractivity contribution is -0.0431. The lowest BCUT2D eigenvalue weighted by Crippen LogP contribution is -2.56. The molecule has 3 atom stereocenters. The van der Waals surface area contributed by atoms with Gasteiger partial charge in [0.15, 0.2) is 0 Å². The molecule has 0 aromatic rings. The van der Waals surface area contributed by atoms with Crippen LogP contribution in [0.4, 0.5) is 0 Å². The molecular weight excluding hydrogens is 238 g/mol. The van der Waals surface area contributed by atoms with Crippen LogP contribution in [-0.2, 0) is 4.74 Å². The number of rotatable bonds is 6. The first-order valence-electron chi connectivity index (χ1n) is 8.21. The Morgan fingerprint density at radius 1 is 1.26 bits per heavy atom. The smallest absolute Gasteiger partial charge is 0.0722 e. The van der Waals surface area contributed by atoms with E-state index in [1.165, 1.54) is 32.1 Å². The zero-order valence-electron chi connectivity index (χ0n) is 12.7. The van der Waals surface area contributed by atoms with Crippen LogP contribution in [0.15, 0.2) is 0 Å². The number of nitrogens with zero attached hydrogens (tertiary/aromatic N) is 1. The zero-order valence-corrected chi connectivity index (χ0v) is 12.7. The van der Waals surface area contributed by atoms with E-state index in [-0.39, 0.29) is 11.6 Å². The van der Waals surface area contributed by atoms with Crippen LogP contribution in [0.2, 0.25) is 0 Å². The van der Waals surface area contributed by atoms with Gasteiger partial charge in [0.2, 0.25) is 0 Å². The minimum atomic E-state index is -0.222. The predicted molar refractivity (Wildman–Crippen MR) is 78.3 cm³/mol. The van der Waals surface area contributed by atoms with Crippen LogP contribution in [-0.4, -0.2) is 47.4 Å². The average molecular weight is 269 g/mol. The van der Waals surface area contributed by atoms with Crippen LogP contribution in [0.5, 0.6) is 0 Å². The summed E-state index contributed by atoms with van der Waals surface area (Å²) < 4.78 is 5.67. The number of aliphatic hydroxyl groups excluding tert-OH is 1. The van der Waals surface area contributed by atoms with Crippen molar-refractivity contribution in [2.24, 2.45) is 0 Å². The SMILES string of the molecule is CCC(C)(C(O)CCC1CCCO1)N1CCCCC1. The maximum Gasteiger partial charge on any atom is 0.0722 e. The molecule has 3 nitrogen and oxygen atoms in total. The molecule has 2 aliphatic rings. The van der Waals surface area contributed by atoms with Gasteiger partial charge in [0.1, 0.15) is 0 Å². The zero-order chi connectivity index (χ0) is 13.7. The number of likely N-dealkylation sites (tertiary alicyclic amines) is 1. The van der Waals surface area contributed by atoms with Gasteiger partial charge in [-0.1, -0.05) is 13.3 Å². The fraction of sp³-hybridized carbons (Fsp3) is 1.00. The highest BCUT2D eigenvalue weighted by Gasteiger charge is 2.37. The first kappa shape index (κ1) is 15.3. The monoisotopic (exact) mass is 269 g/mol. The second kappa shape index (κ2) is 7.05. The van der Waals surface area contributed by atoms with Crippen molar-refractivity contribution in [1.82, 2.24) is 4.90 Å². The van der Waals surface area contributed by atoms with E-state index in [4.69, 9.17) is 4.74 Å². The molecule has 19 heavy (non-hydrogen) atoms. The highest BCUT2D eigenvalue weighted by atomic mass is 16.5. The van der Waals surface area contributed by atoms with Crippen LogP contribution in [0.25, 0.3) is 0 Å². The van der Waals surface area contributed by atoms with Gasteiger partial charge in [-0.15, -0.1) is 0 Å². The van der Waals surface area contributed by atoms with Crippen molar-refractivity contribution < 1.29 is 9.84 Å². The lowest BCUT2D eigenvalue weighted by atomic mass is 9.84. The molecule has 0 radical (unpaired) electrons. The second-order valence-corrected chi connectivity index (χ2v) is 6.49. The van der Waals surface area contributed by atoms with Gasteiger partial charge in [-0.3, -0.25) is 4.90 Å². The molecule has 0 spiro atoms. The van der Waals surface area contributed by atoms with Crippen LogP contribution >= 0.6 is 0 Å². The Morgan fingerprint density at radius 3 is 2.58 bits per heavy atom. The number of aliphatic hydroxyl groups is 1. The summed E-state index contributed by atoms with van der Waals surface area (Å²) >= 11 is 0. The van der Waals surface area contributed by atoms with E-state index in [1.54, 1.807) is 0 Å². The minimum Gasteiger partial charge on any atom is -0.391 e. The molecular formula is C16H31NO2. The lowest BCUT2D eigenvalue weighted by Gasteiger charge is -2.46. The number of ether oxygens (including phenoxy) is 1. The highest BCUT2D eigenvalue weighted by molar-refractivity contribution is 4.93. The number of hydrogen-bond donors (Lipinski definition) is 1. The average Bonchev–Trinajstić information content (AvgIpc) is 2.98. The summed E-state index contributed by atoms with van der Waals surface area (Å²) in [6.07, 6.45) is 9.40. The van der Waals surface area contributed by atoms with Crippen molar-refractivity contribution in [2.75, 3.05) is 19.7 Å². The van der Waals surface area contributed by atoms with Crippen molar-refractivity contribution >= 4 is 0 Å².